The molecule has 2 nitrogen and oxygen atoms in total. The third-order valence-electron chi connectivity index (χ3n) is 1.05. The zero-order chi connectivity index (χ0) is 9.40. The minimum atomic E-state index is 0.569. The lowest BCUT2D eigenvalue weighted by Crippen LogP contribution is -1.74. The summed E-state index contributed by atoms with van der Waals surface area (Å²) < 4.78 is 0. The Hall–Kier alpha value is -1.62. The van der Waals surface area contributed by atoms with E-state index in [1.165, 1.54) is 12.2 Å². The van der Waals surface area contributed by atoms with Crippen molar-refractivity contribution < 1.29 is 9.59 Å². The summed E-state index contributed by atoms with van der Waals surface area (Å²) in [5.74, 6) is 5.25. The Labute approximate surface area is 72.0 Å². The van der Waals surface area contributed by atoms with E-state index in [0.717, 1.165) is 12.6 Å². The predicted octanol–water partition coefficient (Wildman–Crippen LogP) is 1.28. The van der Waals surface area contributed by atoms with Crippen LogP contribution in [0, 0.1) is 11.8 Å². The van der Waals surface area contributed by atoms with Crippen molar-refractivity contribution in [3.8, 4) is 11.8 Å². The first-order valence-electron chi connectivity index (χ1n) is 3.45. The number of hydrogen-bond acceptors (Lipinski definition) is 2. The fraction of sp³-hybridized carbons (Fsp3) is 0.200. The zero-order valence-electron chi connectivity index (χ0n) is 7.13. The third-order valence-corrected chi connectivity index (χ3v) is 1.05. The lowest BCUT2D eigenvalue weighted by atomic mass is 10.3. The lowest BCUT2D eigenvalue weighted by molar-refractivity contribution is -0.105. The summed E-state index contributed by atoms with van der Waals surface area (Å²) >= 11 is 0. The van der Waals surface area contributed by atoms with Crippen molar-refractivity contribution in [3.05, 3.63) is 23.3 Å². The molecule has 0 saturated heterocycles. The van der Waals surface area contributed by atoms with Crippen LogP contribution in [0.15, 0.2) is 23.3 Å². The second kappa shape index (κ2) is 6.11. The predicted molar refractivity (Wildman–Crippen MR) is 47.4 cm³/mol. The average molecular weight is 162 g/mol. The highest BCUT2D eigenvalue weighted by atomic mass is 16.1. The van der Waals surface area contributed by atoms with Crippen molar-refractivity contribution >= 4 is 12.6 Å². The van der Waals surface area contributed by atoms with Gasteiger partial charge in [-0.2, -0.15) is 0 Å². The highest BCUT2D eigenvalue weighted by molar-refractivity contribution is 5.74. The summed E-state index contributed by atoms with van der Waals surface area (Å²) in [6.07, 6.45) is 4.46. The molecule has 62 valence electrons. The molecule has 0 saturated carbocycles. The van der Waals surface area contributed by atoms with Crippen LogP contribution in [0.4, 0.5) is 0 Å². The first kappa shape index (κ1) is 10.4. The summed E-state index contributed by atoms with van der Waals surface area (Å²) in [6, 6.07) is 0. The van der Waals surface area contributed by atoms with Gasteiger partial charge in [0.05, 0.1) is 0 Å². The third kappa shape index (κ3) is 5.19. The van der Waals surface area contributed by atoms with Crippen LogP contribution in [0.2, 0.25) is 0 Å². The maximum atomic E-state index is 10.1. The molecular weight excluding hydrogens is 152 g/mol. The molecule has 12 heavy (non-hydrogen) atoms. The molecule has 0 heterocycles. The van der Waals surface area contributed by atoms with Crippen LogP contribution in [0.1, 0.15) is 13.8 Å². The molecule has 0 aliphatic carbocycles. The van der Waals surface area contributed by atoms with Gasteiger partial charge in [0.1, 0.15) is 12.6 Å². The minimum absolute atomic E-state index is 0.569. The molecular formula is C10H10O2. The Bertz CT molecular complexity index is 257. The van der Waals surface area contributed by atoms with Crippen LogP contribution < -0.4 is 0 Å². The Kier molecular flexibility index (Phi) is 5.29. The molecule has 0 rings (SSSR count). The van der Waals surface area contributed by atoms with Crippen LogP contribution in [0.25, 0.3) is 0 Å². The Morgan fingerprint density at radius 3 is 1.50 bits per heavy atom. The van der Waals surface area contributed by atoms with Crippen molar-refractivity contribution in [1.82, 2.24) is 0 Å². The molecule has 0 aromatic heterocycles. The second-order valence-corrected chi connectivity index (χ2v) is 2.30. The van der Waals surface area contributed by atoms with E-state index in [-0.39, 0.29) is 0 Å². The van der Waals surface area contributed by atoms with Crippen LogP contribution >= 0.6 is 0 Å². The van der Waals surface area contributed by atoms with Crippen molar-refractivity contribution in [3.63, 3.8) is 0 Å². The van der Waals surface area contributed by atoms with E-state index in [9.17, 15) is 9.59 Å². The molecule has 0 radical (unpaired) electrons. The molecule has 0 spiro atoms. The highest BCUT2D eigenvalue weighted by Crippen LogP contribution is 1.85. The largest absolute Gasteiger partial charge is 0.298 e. The van der Waals surface area contributed by atoms with Gasteiger partial charge < -0.3 is 0 Å². The molecule has 0 bridgehead atoms. The van der Waals surface area contributed by atoms with E-state index < -0.39 is 0 Å². The molecule has 0 N–H and O–H groups in total. The number of aldehydes is 2. The minimum Gasteiger partial charge on any atom is -0.298 e. The topological polar surface area (TPSA) is 34.1 Å². The van der Waals surface area contributed by atoms with E-state index in [1.54, 1.807) is 13.8 Å². The quantitative estimate of drug-likeness (QED) is 0.348. The Morgan fingerprint density at radius 1 is 0.917 bits per heavy atom. The number of hydrogen-bond donors (Lipinski definition) is 0. The van der Waals surface area contributed by atoms with Crippen LogP contribution in [0.5, 0.6) is 0 Å². The van der Waals surface area contributed by atoms with Gasteiger partial charge in [0.25, 0.3) is 0 Å². The van der Waals surface area contributed by atoms with E-state index >= 15 is 0 Å². The van der Waals surface area contributed by atoms with Gasteiger partial charge in [-0.3, -0.25) is 9.59 Å². The smallest absolute Gasteiger partial charge is 0.146 e. The fourth-order valence-electron chi connectivity index (χ4n) is 0.379. The van der Waals surface area contributed by atoms with Crippen molar-refractivity contribution in [2.45, 2.75) is 13.8 Å². The van der Waals surface area contributed by atoms with Gasteiger partial charge >= 0.3 is 0 Å². The van der Waals surface area contributed by atoms with Crippen molar-refractivity contribution in [1.29, 1.82) is 0 Å². The molecule has 0 atom stereocenters. The van der Waals surface area contributed by atoms with Gasteiger partial charge in [0.2, 0.25) is 0 Å². The van der Waals surface area contributed by atoms with Gasteiger partial charge in [0, 0.05) is 0 Å². The number of carbonyl (C=O) groups is 2. The number of carbonyl (C=O) groups excluding carboxylic acids is 2. The molecule has 0 aromatic rings. The van der Waals surface area contributed by atoms with Gasteiger partial charge in [-0.1, -0.05) is 11.8 Å². The number of allylic oxidation sites excluding steroid dienone is 4. The monoisotopic (exact) mass is 162 g/mol. The van der Waals surface area contributed by atoms with Crippen molar-refractivity contribution in [2.24, 2.45) is 0 Å². The first-order chi connectivity index (χ1) is 5.70. The standard InChI is InChI=1S/C10H10O2/c1-9(7-11)5-3-4-6-10(2)8-12/h5-8H,1-2H3. The summed E-state index contributed by atoms with van der Waals surface area (Å²) in [4.78, 5) is 20.2. The first-order valence-corrected chi connectivity index (χ1v) is 3.45. The molecule has 0 fully saturated rings. The molecule has 0 amide bonds. The molecule has 0 unspecified atom stereocenters. The van der Waals surface area contributed by atoms with Crippen LogP contribution in [0.3, 0.4) is 0 Å². The Morgan fingerprint density at radius 2 is 1.25 bits per heavy atom. The zero-order valence-corrected chi connectivity index (χ0v) is 7.13. The average Bonchev–Trinajstić information content (AvgIpc) is 2.11. The summed E-state index contributed by atoms with van der Waals surface area (Å²) in [6.45, 7) is 3.33. The van der Waals surface area contributed by atoms with E-state index in [1.807, 2.05) is 0 Å². The van der Waals surface area contributed by atoms with E-state index in [4.69, 9.17) is 0 Å². The van der Waals surface area contributed by atoms with Crippen molar-refractivity contribution in [2.75, 3.05) is 0 Å². The highest BCUT2D eigenvalue weighted by Gasteiger charge is 1.78. The molecule has 0 aliphatic rings. The Balaban J connectivity index is 4.24. The summed E-state index contributed by atoms with van der Waals surface area (Å²) in [7, 11) is 0. The SMILES string of the molecule is CC(C=O)=CC#CC=C(C)C=O. The normalized spacial score (nSPS) is 11.5. The maximum absolute atomic E-state index is 10.1. The van der Waals surface area contributed by atoms with E-state index in [0.29, 0.717) is 11.1 Å². The van der Waals surface area contributed by atoms with Gasteiger partial charge in [-0.05, 0) is 37.1 Å². The lowest BCUT2D eigenvalue weighted by Gasteiger charge is -1.77. The maximum Gasteiger partial charge on any atom is 0.146 e. The van der Waals surface area contributed by atoms with Crippen LogP contribution in [-0.4, -0.2) is 12.6 Å². The molecule has 0 aliphatic heterocycles. The second-order valence-electron chi connectivity index (χ2n) is 2.30. The fourth-order valence-corrected chi connectivity index (χ4v) is 0.379. The number of rotatable bonds is 2. The summed E-state index contributed by atoms with van der Waals surface area (Å²) in [5, 5.41) is 0. The molecule has 2 heteroatoms. The van der Waals surface area contributed by atoms with Crippen LogP contribution in [-0.2, 0) is 9.59 Å². The van der Waals surface area contributed by atoms with Gasteiger partial charge in [0.15, 0.2) is 0 Å². The summed E-state index contributed by atoms with van der Waals surface area (Å²) in [5.41, 5.74) is 1.14. The van der Waals surface area contributed by atoms with Gasteiger partial charge in [-0.25, -0.2) is 0 Å². The van der Waals surface area contributed by atoms with E-state index in [2.05, 4.69) is 11.8 Å². The molecule has 0 aromatic carbocycles. The van der Waals surface area contributed by atoms with Gasteiger partial charge in [-0.15, -0.1) is 0 Å².